The summed E-state index contributed by atoms with van der Waals surface area (Å²) in [5.41, 5.74) is 0. The quantitative estimate of drug-likeness (QED) is 0.520. The number of urea groups is 2. The normalized spacial score (nSPS) is 20.7. The number of rotatable bonds is 6. The van der Waals surface area contributed by atoms with E-state index in [0.29, 0.717) is 26.1 Å². The molecule has 0 aliphatic heterocycles. The molecule has 2 unspecified atom stereocenters. The van der Waals surface area contributed by atoms with Crippen LogP contribution in [0, 0.1) is 11.8 Å². The van der Waals surface area contributed by atoms with Gasteiger partial charge in [-0.15, -0.1) is 0 Å². The lowest BCUT2D eigenvalue weighted by Crippen LogP contribution is -2.44. The van der Waals surface area contributed by atoms with Crippen LogP contribution in [0.25, 0.3) is 0 Å². The molecule has 1 fully saturated rings. The summed E-state index contributed by atoms with van der Waals surface area (Å²) in [4.78, 5) is 35.2. The summed E-state index contributed by atoms with van der Waals surface area (Å²) < 4.78 is 0. The molecular weight excluding hydrogens is 276 g/mol. The van der Waals surface area contributed by atoms with E-state index in [1.165, 1.54) is 4.90 Å². The van der Waals surface area contributed by atoms with Crippen LogP contribution in [0.2, 0.25) is 0 Å². The predicted molar refractivity (Wildman–Crippen MR) is 77.0 cm³/mol. The molecule has 4 amide bonds. The van der Waals surface area contributed by atoms with Crippen molar-refractivity contribution in [2.45, 2.75) is 19.3 Å². The molecule has 0 heterocycles. The molecule has 4 N–H and O–H groups in total. The van der Waals surface area contributed by atoms with Crippen LogP contribution in [0.1, 0.15) is 19.3 Å². The van der Waals surface area contributed by atoms with Gasteiger partial charge in [0.1, 0.15) is 0 Å². The Labute approximate surface area is 124 Å². The SMILES string of the molecule is CN(C)C(=O)NCCNC(=O)NCC1CCCC1C(=O)O. The maximum Gasteiger partial charge on any atom is 0.316 e. The molecule has 1 rings (SSSR count). The Balaban J connectivity index is 2.14. The fourth-order valence-electron chi connectivity index (χ4n) is 2.40. The van der Waals surface area contributed by atoms with Gasteiger partial charge in [-0.1, -0.05) is 6.42 Å². The van der Waals surface area contributed by atoms with Crippen LogP contribution >= 0.6 is 0 Å². The van der Waals surface area contributed by atoms with Crippen molar-refractivity contribution in [2.75, 3.05) is 33.7 Å². The first-order chi connectivity index (χ1) is 9.91. The van der Waals surface area contributed by atoms with E-state index >= 15 is 0 Å². The lowest BCUT2D eigenvalue weighted by molar-refractivity contribution is -0.142. The average molecular weight is 300 g/mol. The van der Waals surface area contributed by atoms with E-state index in [-0.39, 0.29) is 23.9 Å². The summed E-state index contributed by atoms with van der Waals surface area (Å²) in [5.74, 6) is -1.14. The molecule has 2 atom stereocenters. The maximum atomic E-state index is 11.6. The highest BCUT2D eigenvalue weighted by Crippen LogP contribution is 2.31. The fraction of sp³-hybridized carbons (Fsp3) is 0.769. The molecule has 0 aromatic rings. The minimum atomic E-state index is -0.786. The second kappa shape index (κ2) is 8.33. The number of nitrogens with one attached hydrogen (secondary N) is 3. The summed E-state index contributed by atoms with van der Waals surface area (Å²) in [6.07, 6.45) is 2.40. The monoisotopic (exact) mass is 300 g/mol. The third-order valence-corrected chi connectivity index (χ3v) is 3.59. The highest BCUT2D eigenvalue weighted by Gasteiger charge is 2.32. The molecule has 8 nitrogen and oxygen atoms in total. The zero-order valence-corrected chi connectivity index (χ0v) is 12.5. The van der Waals surface area contributed by atoms with E-state index in [9.17, 15) is 14.4 Å². The van der Waals surface area contributed by atoms with Gasteiger partial charge in [0.2, 0.25) is 0 Å². The molecule has 0 saturated heterocycles. The van der Waals surface area contributed by atoms with E-state index in [0.717, 1.165) is 12.8 Å². The lowest BCUT2D eigenvalue weighted by atomic mass is 9.96. The number of carboxylic acid groups (broad SMARTS) is 1. The van der Waals surface area contributed by atoms with E-state index in [1.807, 2.05) is 0 Å². The number of carboxylic acids is 1. The average Bonchev–Trinajstić information content (AvgIpc) is 2.89. The molecule has 8 heteroatoms. The Morgan fingerprint density at radius 3 is 2.38 bits per heavy atom. The highest BCUT2D eigenvalue weighted by molar-refractivity contribution is 5.75. The Hall–Kier alpha value is -1.99. The molecular formula is C13H24N4O4. The number of hydrogen-bond acceptors (Lipinski definition) is 3. The number of amides is 4. The van der Waals surface area contributed by atoms with E-state index in [4.69, 9.17) is 5.11 Å². The molecule has 120 valence electrons. The van der Waals surface area contributed by atoms with Gasteiger partial charge < -0.3 is 26.0 Å². The van der Waals surface area contributed by atoms with Gasteiger partial charge >= 0.3 is 18.0 Å². The van der Waals surface area contributed by atoms with Crippen LogP contribution in [0.3, 0.4) is 0 Å². The van der Waals surface area contributed by atoms with Crippen molar-refractivity contribution >= 4 is 18.0 Å². The molecule has 0 spiro atoms. The third-order valence-electron chi connectivity index (χ3n) is 3.59. The minimum Gasteiger partial charge on any atom is -0.481 e. The van der Waals surface area contributed by atoms with Gasteiger partial charge in [-0.25, -0.2) is 9.59 Å². The first-order valence-corrected chi connectivity index (χ1v) is 7.11. The van der Waals surface area contributed by atoms with Crippen molar-refractivity contribution in [3.8, 4) is 0 Å². The standard InChI is InChI=1S/C13H24N4O4/c1-17(2)13(21)15-7-6-14-12(20)16-8-9-4-3-5-10(9)11(18)19/h9-10H,3-8H2,1-2H3,(H,15,21)(H,18,19)(H2,14,16,20). The summed E-state index contributed by atoms with van der Waals surface area (Å²) >= 11 is 0. The Kier molecular flexibility index (Phi) is 6.77. The van der Waals surface area contributed by atoms with Crippen molar-refractivity contribution in [1.82, 2.24) is 20.9 Å². The summed E-state index contributed by atoms with van der Waals surface area (Å²) in [5, 5.41) is 17.0. The van der Waals surface area contributed by atoms with E-state index < -0.39 is 5.97 Å². The second-order valence-electron chi connectivity index (χ2n) is 5.40. The highest BCUT2D eigenvalue weighted by atomic mass is 16.4. The molecule has 0 aromatic carbocycles. The maximum absolute atomic E-state index is 11.6. The minimum absolute atomic E-state index is 0.00157. The van der Waals surface area contributed by atoms with Crippen LogP contribution in [-0.2, 0) is 4.79 Å². The number of carbonyl (C=O) groups is 3. The summed E-state index contributed by atoms with van der Waals surface area (Å²) in [7, 11) is 3.27. The van der Waals surface area contributed by atoms with Crippen LogP contribution in [0.5, 0.6) is 0 Å². The molecule has 21 heavy (non-hydrogen) atoms. The summed E-state index contributed by atoms with van der Waals surface area (Å²) in [6, 6.07) is -0.558. The third kappa shape index (κ3) is 5.88. The number of nitrogens with zero attached hydrogens (tertiary/aromatic N) is 1. The van der Waals surface area contributed by atoms with Gasteiger partial charge in [-0.2, -0.15) is 0 Å². The lowest BCUT2D eigenvalue weighted by Gasteiger charge is -2.17. The van der Waals surface area contributed by atoms with Gasteiger partial charge in [-0.05, 0) is 18.8 Å². The molecule has 0 aromatic heterocycles. The molecule has 0 radical (unpaired) electrons. The van der Waals surface area contributed by atoms with Crippen molar-refractivity contribution in [3.63, 3.8) is 0 Å². The van der Waals surface area contributed by atoms with Crippen LogP contribution in [0.15, 0.2) is 0 Å². The van der Waals surface area contributed by atoms with Gasteiger partial charge in [0.05, 0.1) is 5.92 Å². The largest absolute Gasteiger partial charge is 0.481 e. The van der Waals surface area contributed by atoms with Crippen molar-refractivity contribution in [3.05, 3.63) is 0 Å². The second-order valence-corrected chi connectivity index (χ2v) is 5.40. The first kappa shape index (κ1) is 17.1. The molecule has 1 saturated carbocycles. The Morgan fingerprint density at radius 2 is 1.76 bits per heavy atom. The Morgan fingerprint density at radius 1 is 1.10 bits per heavy atom. The summed E-state index contributed by atoms with van der Waals surface area (Å²) in [6.45, 7) is 1.02. The Bertz CT molecular complexity index is 386. The van der Waals surface area contributed by atoms with Gasteiger partial charge in [0.15, 0.2) is 0 Å². The molecule has 1 aliphatic rings. The van der Waals surface area contributed by atoms with Gasteiger partial charge in [0, 0.05) is 33.7 Å². The topological polar surface area (TPSA) is 111 Å². The van der Waals surface area contributed by atoms with Crippen LogP contribution < -0.4 is 16.0 Å². The fourth-order valence-corrected chi connectivity index (χ4v) is 2.40. The van der Waals surface area contributed by atoms with Crippen LogP contribution in [0.4, 0.5) is 9.59 Å². The zero-order chi connectivity index (χ0) is 15.8. The van der Waals surface area contributed by atoms with Crippen LogP contribution in [-0.4, -0.2) is 61.8 Å². The van der Waals surface area contributed by atoms with Crippen molar-refractivity contribution < 1.29 is 19.5 Å². The van der Waals surface area contributed by atoms with Gasteiger partial charge in [-0.3, -0.25) is 4.79 Å². The smallest absolute Gasteiger partial charge is 0.316 e. The predicted octanol–water partition coefficient (Wildman–Crippen LogP) is 0.0577. The number of aliphatic carboxylic acids is 1. The van der Waals surface area contributed by atoms with Gasteiger partial charge in [0.25, 0.3) is 0 Å². The van der Waals surface area contributed by atoms with E-state index in [1.54, 1.807) is 14.1 Å². The molecule has 1 aliphatic carbocycles. The number of carbonyl (C=O) groups excluding carboxylic acids is 2. The zero-order valence-electron chi connectivity index (χ0n) is 12.5. The van der Waals surface area contributed by atoms with Crippen molar-refractivity contribution in [2.24, 2.45) is 11.8 Å². The van der Waals surface area contributed by atoms with E-state index in [2.05, 4.69) is 16.0 Å². The van der Waals surface area contributed by atoms with Crippen molar-refractivity contribution in [1.29, 1.82) is 0 Å². The molecule has 0 bridgehead atoms. The number of hydrogen-bond donors (Lipinski definition) is 4. The first-order valence-electron chi connectivity index (χ1n) is 7.11.